The zero-order chi connectivity index (χ0) is 17.9. The Kier molecular flexibility index (Phi) is 5.21. The molecule has 0 amide bonds. The van der Waals surface area contributed by atoms with Gasteiger partial charge >= 0.3 is 0 Å². The van der Waals surface area contributed by atoms with Gasteiger partial charge in [-0.25, -0.2) is 5.10 Å². The first-order valence-corrected chi connectivity index (χ1v) is 10.2. The Balaban J connectivity index is 1.54. The van der Waals surface area contributed by atoms with E-state index in [1.54, 1.807) is 0 Å². The van der Waals surface area contributed by atoms with Crippen molar-refractivity contribution in [2.75, 3.05) is 6.54 Å². The number of nitrogens with zero attached hydrogens (tertiary/aromatic N) is 2. The van der Waals surface area contributed by atoms with Gasteiger partial charge in [-0.05, 0) is 68.2 Å². The third kappa shape index (κ3) is 3.61. The zero-order valence-electron chi connectivity index (χ0n) is 15.8. The number of benzene rings is 1. The average molecular weight is 351 g/mol. The number of aromatic nitrogens is 2. The minimum atomic E-state index is 0.0110. The summed E-state index contributed by atoms with van der Waals surface area (Å²) in [4.78, 5) is 14.7. The molecule has 4 nitrogen and oxygen atoms in total. The first-order valence-electron chi connectivity index (χ1n) is 10.2. The smallest absolute Gasteiger partial charge is 0.267 e. The number of rotatable bonds is 5. The molecular weight excluding hydrogens is 322 g/mol. The number of H-pyrrole nitrogens is 1. The van der Waals surface area contributed by atoms with Gasteiger partial charge in [-0.2, -0.15) is 5.10 Å². The molecule has 26 heavy (non-hydrogen) atoms. The molecule has 0 radical (unpaired) electrons. The predicted molar refractivity (Wildman–Crippen MR) is 104 cm³/mol. The molecule has 4 heteroatoms. The quantitative estimate of drug-likeness (QED) is 0.895. The van der Waals surface area contributed by atoms with Gasteiger partial charge in [0.05, 0.1) is 5.69 Å². The van der Waals surface area contributed by atoms with Crippen LogP contribution in [0.15, 0.2) is 29.1 Å². The van der Waals surface area contributed by atoms with Crippen LogP contribution < -0.4 is 5.56 Å². The molecule has 0 bridgehead atoms. The van der Waals surface area contributed by atoms with Crippen molar-refractivity contribution >= 4 is 0 Å². The monoisotopic (exact) mass is 351 g/mol. The Hall–Kier alpha value is -1.94. The van der Waals surface area contributed by atoms with Gasteiger partial charge in [-0.15, -0.1) is 0 Å². The van der Waals surface area contributed by atoms with Crippen molar-refractivity contribution in [3.05, 3.63) is 62.6 Å². The molecule has 1 saturated heterocycles. The fourth-order valence-electron chi connectivity index (χ4n) is 4.71. The first kappa shape index (κ1) is 17.5. The Labute approximate surface area is 155 Å². The van der Waals surface area contributed by atoms with Crippen molar-refractivity contribution in [2.24, 2.45) is 0 Å². The molecule has 4 rings (SSSR count). The van der Waals surface area contributed by atoms with Gasteiger partial charge in [0.1, 0.15) is 0 Å². The Bertz CT molecular complexity index is 826. The van der Waals surface area contributed by atoms with Crippen molar-refractivity contribution in [1.29, 1.82) is 0 Å². The van der Waals surface area contributed by atoms with E-state index in [1.807, 2.05) is 0 Å². The van der Waals surface area contributed by atoms with E-state index in [4.69, 9.17) is 0 Å². The van der Waals surface area contributed by atoms with Crippen LogP contribution in [0.2, 0.25) is 0 Å². The number of fused-ring (bicyclic) bond motifs is 1. The summed E-state index contributed by atoms with van der Waals surface area (Å²) in [5.74, 6) is 0. The van der Waals surface area contributed by atoms with Crippen LogP contribution in [-0.4, -0.2) is 27.7 Å². The fraction of sp³-hybridized carbons (Fsp3) is 0.545. The molecule has 2 heterocycles. The van der Waals surface area contributed by atoms with Crippen LogP contribution in [0.3, 0.4) is 0 Å². The molecule has 1 atom stereocenters. The van der Waals surface area contributed by atoms with E-state index in [1.165, 1.54) is 48.9 Å². The van der Waals surface area contributed by atoms with Gasteiger partial charge in [0.15, 0.2) is 0 Å². The van der Waals surface area contributed by atoms with E-state index in [0.717, 1.165) is 49.5 Å². The number of hydrogen-bond donors (Lipinski definition) is 1. The molecule has 1 aliphatic carbocycles. The van der Waals surface area contributed by atoms with Crippen LogP contribution in [0.4, 0.5) is 0 Å². The molecule has 1 aromatic heterocycles. The van der Waals surface area contributed by atoms with E-state index in [2.05, 4.69) is 46.3 Å². The molecule has 1 fully saturated rings. The predicted octanol–water partition coefficient (Wildman–Crippen LogP) is 3.61. The van der Waals surface area contributed by atoms with Gasteiger partial charge in [-0.1, -0.05) is 31.2 Å². The highest BCUT2D eigenvalue weighted by atomic mass is 16.1. The highest BCUT2D eigenvalue weighted by Crippen LogP contribution is 2.24. The van der Waals surface area contributed by atoms with Crippen molar-refractivity contribution < 1.29 is 0 Å². The van der Waals surface area contributed by atoms with Crippen molar-refractivity contribution in [1.82, 2.24) is 15.1 Å². The van der Waals surface area contributed by atoms with Crippen molar-refractivity contribution in [3.63, 3.8) is 0 Å². The van der Waals surface area contributed by atoms with Crippen LogP contribution in [0.5, 0.6) is 0 Å². The van der Waals surface area contributed by atoms with Gasteiger partial charge < -0.3 is 0 Å². The maximum Gasteiger partial charge on any atom is 0.267 e. The van der Waals surface area contributed by atoms with Crippen LogP contribution in [-0.2, 0) is 25.8 Å². The molecule has 0 spiro atoms. The molecule has 0 saturated carbocycles. The SMILES string of the molecule is CCC1CCCN1Cc1cccc(Cc2n[nH]c(=O)c3c2CCCC3)c1. The van der Waals surface area contributed by atoms with Crippen LogP contribution in [0.1, 0.15) is 67.0 Å². The number of aromatic amines is 1. The van der Waals surface area contributed by atoms with Gasteiger partial charge in [-0.3, -0.25) is 9.69 Å². The van der Waals surface area contributed by atoms with Crippen LogP contribution >= 0.6 is 0 Å². The number of hydrogen-bond acceptors (Lipinski definition) is 3. The summed E-state index contributed by atoms with van der Waals surface area (Å²) in [6, 6.07) is 9.66. The lowest BCUT2D eigenvalue weighted by Gasteiger charge is -2.23. The second kappa shape index (κ2) is 7.75. The molecule has 1 aliphatic heterocycles. The van der Waals surface area contributed by atoms with E-state index in [9.17, 15) is 4.79 Å². The molecule has 1 aromatic carbocycles. The van der Waals surface area contributed by atoms with Crippen molar-refractivity contribution in [2.45, 2.75) is 70.9 Å². The second-order valence-electron chi connectivity index (χ2n) is 7.84. The van der Waals surface area contributed by atoms with E-state index in [-0.39, 0.29) is 5.56 Å². The minimum absolute atomic E-state index is 0.0110. The lowest BCUT2D eigenvalue weighted by Crippen LogP contribution is -2.28. The maximum atomic E-state index is 12.1. The zero-order valence-corrected chi connectivity index (χ0v) is 15.8. The molecular formula is C22H29N3O. The topological polar surface area (TPSA) is 49.0 Å². The lowest BCUT2D eigenvalue weighted by atomic mass is 9.90. The minimum Gasteiger partial charge on any atom is -0.296 e. The van der Waals surface area contributed by atoms with Crippen molar-refractivity contribution in [3.8, 4) is 0 Å². The average Bonchev–Trinajstić information content (AvgIpc) is 3.12. The summed E-state index contributed by atoms with van der Waals surface area (Å²) in [5, 5.41) is 7.12. The highest BCUT2D eigenvalue weighted by molar-refractivity contribution is 5.35. The normalized spacial score (nSPS) is 20.3. The van der Waals surface area contributed by atoms with E-state index < -0.39 is 0 Å². The van der Waals surface area contributed by atoms with Crippen LogP contribution in [0, 0.1) is 0 Å². The summed E-state index contributed by atoms with van der Waals surface area (Å²) in [6.45, 7) is 4.56. The Morgan fingerprint density at radius 2 is 1.96 bits per heavy atom. The Morgan fingerprint density at radius 3 is 2.81 bits per heavy atom. The third-order valence-electron chi connectivity index (χ3n) is 6.10. The van der Waals surface area contributed by atoms with E-state index in [0.29, 0.717) is 0 Å². The van der Waals surface area contributed by atoms with Gasteiger partial charge in [0.2, 0.25) is 0 Å². The maximum absolute atomic E-state index is 12.1. The first-order chi connectivity index (χ1) is 12.7. The number of likely N-dealkylation sites (tertiary alicyclic amines) is 1. The fourth-order valence-corrected chi connectivity index (χ4v) is 4.71. The van der Waals surface area contributed by atoms with Crippen LogP contribution in [0.25, 0.3) is 0 Å². The summed E-state index contributed by atoms with van der Waals surface area (Å²) < 4.78 is 0. The lowest BCUT2D eigenvalue weighted by molar-refractivity contribution is 0.240. The summed E-state index contributed by atoms with van der Waals surface area (Å²) in [7, 11) is 0. The molecule has 2 aliphatic rings. The number of nitrogens with one attached hydrogen (secondary N) is 1. The molecule has 1 unspecified atom stereocenters. The summed E-state index contributed by atoms with van der Waals surface area (Å²) >= 11 is 0. The molecule has 138 valence electrons. The van der Waals surface area contributed by atoms with E-state index >= 15 is 0 Å². The highest BCUT2D eigenvalue weighted by Gasteiger charge is 2.23. The third-order valence-corrected chi connectivity index (χ3v) is 6.10. The van der Waals surface area contributed by atoms with Gasteiger partial charge in [0.25, 0.3) is 5.56 Å². The largest absolute Gasteiger partial charge is 0.296 e. The summed E-state index contributed by atoms with van der Waals surface area (Å²) in [6.07, 6.45) is 8.88. The summed E-state index contributed by atoms with van der Waals surface area (Å²) in [5.41, 5.74) is 5.93. The molecule has 1 N–H and O–H groups in total. The van der Waals surface area contributed by atoms with Gasteiger partial charge in [0, 0.05) is 24.6 Å². The standard InChI is InChI=1S/C22H29N3O/c1-2-18-9-6-12-25(18)15-17-8-5-7-16(13-17)14-21-19-10-3-4-11-20(19)22(26)24-23-21/h5,7-8,13,18H,2-4,6,9-12,14-15H2,1H3,(H,24,26). The Morgan fingerprint density at radius 1 is 1.15 bits per heavy atom. The second-order valence-corrected chi connectivity index (χ2v) is 7.84. The molecule has 2 aromatic rings.